The Bertz CT molecular complexity index is 574. The van der Waals surface area contributed by atoms with E-state index in [-0.39, 0.29) is 5.91 Å². The first kappa shape index (κ1) is 17.5. The highest BCUT2D eigenvalue weighted by Crippen LogP contribution is 2.23. The van der Waals surface area contributed by atoms with Gasteiger partial charge in [0.2, 0.25) is 5.91 Å². The predicted octanol–water partition coefficient (Wildman–Crippen LogP) is 1.02. The highest BCUT2D eigenvalue weighted by Gasteiger charge is 2.28. The van der Waals surface area contributed by atoms with E-state index >= 15 is 0 Å². The third-order valence-electron chi connectivity index (χ3n) is 5.01. The van der Waals surface area contributed by atoms with Gasteiger partial charge >= 0.3 is 0 Å². The molecule has 2 aliphatic heterocycles. The molecule has 6 nitrogen and oxygen atoms in total. The Kier molecular flexibility index (Phi) is 5.58. The number of halogens is 1. The van der Waals surface area contributed by atoms with Crippen LogP contribution in [0.1, 0.15) is 6.42 Å². The zero-order valence-corrected chi connectivity index (χ0v) is 15.2. The number of likely N-dealkylation sites (tertiary alicyclic amines) is 1. The number of hydrogen-bond acceptors (Lipinski definition) is 5. The zero-order chi connectivity index (χ0) is 17.1. The maximum atomic E-state index is 12.6. The van der Waals surface area contributed by atoms with Crippen LogP contribution in [0.25, 0.3) is 0 Å². The van der Waals surface area contributed by atoms with E-state index in [0.717, 1.165) is 51.5 Å². The molecule has 7 heteroatoms. The van der Waals surface area contributed by atoms with Crippen LogP contribution < -0.4 is 4.90 Å². The van der Waals surface area contributed by atoms with Gasteiger partial charge in [0.25, 0.3) is 0 Å². The molecule has 2 saturated heterocycles. The molecule has 0 N–H and O–H groups in total. The van der Waals surface area contributed by atoms with Crippen molar-refractivity contribution in [1.82, 2.24) is 19.7 Å². The Balaban J connectivity index is 1.48. The maximum Gasteiger partial charge on any atom is 0.236 e. The molecule has 0 saturated carbocycles. The maximum absolute atomic E-state index is 12.6. The lowest BCUT2D eigenvalue weighted by Crippen LogP contribution is -2.51. The number of piperazine rings is 1. The summed E-state index contributed by atoms with van der Waals surface area (Å²) in [6, 6.07) is 4.26. The van der Waals surface area contributed by atoms with Crippen molar-refractivity contribution < 1.29 is 4.79 Å². The number of pyridine rings is 1. The minimum Gasteiger partial charge on any atom is -0.352 e. The molecular formula is C17H26ClN5O. The fraction of sp³-hybridized carbons (Fsp3) is 0.647. The largest absolute Gasteiger partial charge is 0.352 e. The molecule has 0 radical (unpaired) electrons. The zero-order valence-electron chi connectivity index (χ0n) is 14.5. The van der Waals surface area contributed by atoms with Gasteiger partial charge in [0, 0.05) is 51.5 Å². The predicted molar refractivity (Wildman–Crippen MR) is 96.6 cm³/mol. The molecule has 3 rings (SSSR count). The highest BCUT2D eigenvalue weighted by molar-refractivity contribution is 6.32. The topological polar surface area (TPSA) is 42.9 Å². The lowest BCUT2D eigenvalue weighted by molar-refractivity contribution is -0.132. The van der Waals surface area contributed by atoms with Crippen LogP contribution in [0.5, 0.6) is 0 Å². The lowest BCUT2D eigenvalue weighted by atomic mass is 10.2. The molecule has 1 aromatic rings. The van der Waals surface area contributed by atoms with Crippen molar-refractivity contribution in [2.24, 2.45) is 0 Å². The second kappa shape index (κ2) is 7.68. The summed E-state index contributed by atoms with van der Waals surface area (Å²) in [5.74, 6) is 1.06. The van der Waals surface area contributed by atoms with Crippen LogP contribution in [0.4, 0.5) is 5.82 Å². The molecule has 0 aromatic carbocycles. The number of likely N-dealkylation sites (N-methyl/N-ethyl adjacent to an activating group) is 1. The quantitative estimate of drug-likeness (QED) is 0.810. The highest BCUT2D eigenvalue weighted by atomic mass is 35.5. The monoisotopic (exact) mass is 351 g/mol. The first-order chi connectivity index (χ1) is 11.5. The Morgan fingerprint density at radius 3 is 2.67 bits per heavy atom. The average molecular weight is 352 g/mol. The van der Waals surface area contributed by atoms with Gasteiger partial charge in [-0.3, -0.25) is 9.69 Å². The van der Waals surface area contributed by atoms with Crippen molar-refractivity contribution >= 4 is 23.3 Å². The van der Waals surface area contributed by atoms with Gasteiger partial charge in [0.1, 0.15) is 5.82 Å². The average Bonchev–Trinajstić information content (AvgIpc) is 3.04. The molecule has 0 unspecified atom stereocenters. The molecule has 24 heavy (non-hydrogen) atoms. The Morgan fingerprint density at radius 2 is 2.04 bits per heavy atom. The minimum absolute atomic E-state index is 0.237. The number of amides is 1. The molecule has 1 aromatic heterocycles. The molecule has 1 atom stereocenters. The van der Waals surface area contributed by atoms with Crippen molar-refractivity contribution in [2.75, 3.05) is 64.8 Å². The summed E-state index contributed by atoms with van der Waals surface area (Å²) in [6.07, 6.45) is 2.90. The summed E-state index contributed by atoms with van der Waals surface area (Å²) in [5.41, 5.74) is 0. The summed E-state index contributed by atoms with van der Waals surface area (Å²) in [4.78, 5) is 25.6. The van der Waals surface area contributed by atoms with E-state index in [2.05, 4.69) is 33.8 Å². The summed E-state index contributed by atoms with van der Waals surface area (Å²) in [5, 5.41) is 0.670. The third kappa shape index (κ3) is 3.99. The van der Waals surface area contributed by atoms with E-state index < -0.39 is 0 Å². The summed E-state index contributed by atoms with van der Waals surface area (Å²) < 4.78 is 0. The minimum atomic E-state index is 0.237. The second-order valence-electron chi connectivity index (χ2n) is 6.82. The third-order valence-corrected chi connectivity index (χ3v) is 5.30. The molecular weight excluding hydrogens is 326 g/mol. The van der Waals surface area contributed by atoms with Crippen LogP contribution in [-0.4, -0.2) is 91.5 Å². The van der Waals surface area contributed by atoms with Gasteiger partial charge in [-0.05, 0) is 32.6 Å². The van der Waals surface area contributed by atoms with Crippen molar-refractivity contribution in [3.05, 3.63) is 23.4 Å². The first-order valence-corrected chi connectivity index (χ1v) is 8.94. The number of anilines is 1. The van der Waals surface area contributed by atoms with Gasteiger partial charge in [-0.2, -0.15) is 0 Å². The Hall–Kier alpha value is -1.37. The van der Waals surface area contributed by atoms with Gasteiger partial charge in [0.15, 0.2) is 0 Å². The fourth-order valence-corrected chi connectivity index (χ4v) is 3.69. The molecule has 2 fully saturated rings. The number of nitrogens with zero attached hydrogens (tertiary/aromatic N) is 5. The van der Waals surface area contributed by atoms with Gasteiger partial charge in [-0.1, -0.05) is 11.6 Å². The summed E-state index contributed by atoms with van der Waals surface area (Å²) in [7, 11) is 4.22. The summed E-state index contributed by atoms with van der Waals surface area (Å²) in [6.45, 7) is 5.56. The molecule has 0 bridgehead atoms. The molecule has 132 valence electrons. The van der Waals surface area contributed by atoms with Crippen LogP contribution in [-0.2, 0) is 4.79 Å². The molecule has 2 aliphatic rings. The number of aromatic nitrogens is 1. The SMILES string of the molecule is CN(C)[C@@H]1CCN(CC(=O)N2CCN(c3ncccc3Cl)CC2)C1. The van der Waals surface area contributed by atoms with E-state index in [0.29, 0.717) is 17.6 Å². The lowest BCUT2D eigenvalue weighted by Gasteiger charge is -2.36. The number of carbonyl (C=O) groups excluding carboxylic acids is 1. The Morgan fingerprint density at radius 1 is 1.29 bits per heavy atom. The fourth-order valence-electron chi connectivity index (χ4n) is 3.45. The number of carbonyl (C=O) groups is 1. The molecule has 1 amide bonds. The van der Waals surface area contributed by atoms with Crippen LogP contribution in [0, 0.1) is 0 Å². The van der Waals surface area contributed by atoms with Crippen molar-refractivity contribution in [1.29, 1.82) is 0 Å². The van der Waals surface area contributed by atoms with Crippen LogP contribution >= 0.6 is 11.6 Å². The van der Waals surface area contributed by atoms with Crippen LogP contribution in [0.15, 0.2) is 18.3 Å². The van der Waals surface area contributed by atoms with Crippen molar-refractivity contribution in [2.45, 2.75) is 12.5 Å². The Labute approximate surface area is 149 Å². The van der Waals surface area contributed by atoms with Crippen LogP contribution in [0.2, 0.25) is 5.02 Å². The first-order valence-electron chi connectivity index (χ1n) is 8.56. The van der Waals surface area contributed by atoms with E-state index in [1.807, 2.05) is 17.0 Å². The van der Waals surface area contributed by atoms with E-state index in [4.69, 9.17) is 11.6 Å². The number of rotatable bonds is 4. The van der Waals surface area contributed by atoms with Crippen molar-refractivity contribution in [3.8, 4) is 0 Å². The summed E-state index contributed by atoms with van der Waals surface area (Å²) >= 11 is 6.21. The van der Waals surface area contributed by atoms with Gasteiger partial charge < -0.3 is 14.7 Å². The molecule has 3 heterocycles. The van der Waals surface area contributed by atoms with Crippen LogP contribution in [0.3, 0.4) is 0 Å². The van der Waals surface area contributed by atoms with E-state index in [9.17, 15) is 4.79 Å². The second-order valence-corrected chi connectivity index (χ2v) is 7.23. The van der Waals surface area contributed by atoms with Crippen molar-refractivity contribution in [3.63, 3.8) is 0 Å². The molecule has 0 spiro atoms. The molecule has 0 aliphatic carbocycles. The smallest absolute Gasteiger partial charge is 0.236 e. The van der Waals surface area contributed by atoms with E-state index in [1.54, 1.807) is 6.20 Å². The van der Waals surface area contributed by atoms with Gasteiger partial charge in [-0.15, -0.1) is 0 Å². The normalized spacial score (nSPS) is 22.4. The van der Waals surface area contributed by atoms with Gasteiger partial charge in [-0.25, -0.2) is 4.98 Å². The van der Waals surface area contributed by atoms with Gasteiger partial charge in [0.05, 0.1) is 11.6 Å². The number of hydrogen-bond donors (Lipinski definition) is 0. The standard InChI is InChI=1S/C17H26ClN5O/c1-20(2)14-5-7-21(12-14)13-16(24)22-8-10-23(11-9-22)17-15(18)4-3-6-19-17/h3-4,6,14H,5,7-13H2,1-2H3/t14-/m1/s1. The van der Waals surface area contributed by atoms with E-state index in [1.165, 1.54) is 0 Å².